The Hall–Kier alpha value is -1.55. The van der Waals surface area contributed by atoms with Crippen LogP contribution in [0.1, 0.15) is 20.8 Å². The quantitative estimate of drug-likeness (QED) is 0.609. The van der Waals surface area contributed by atoms with Crippen LogP contribution in [0.5, 0.6) is 0 Å². The van der Waals surface area contributed by atoms with Gasteiger partial charge in [-0.05, 0) is 32.9 Å². The minimum atomic E-state index is -3.69. The van der Waals surface area contributed by atoms with Gasteiger partial charge in [0.25, 0.3) is 5.69 Å². The molecule has 0 bridgehead atoms. The number of sulfonamides is 1. The minimum Gasteiger partial charge on any atom is -0.373 e. The fourth-order valence-corrected chi connectivity index (χ4v) is 3.89. The van der Waals surface area contributed by atoms with E-state index >= 15 is 0 Å². The molecule has 134 valence electrons. The molecule has 9 heteroatoms. The van der Waals surface area contributed by atoms with E-state index in [-0.39, 0.29) is 35.4 Å². The molecule has 0 spiro atoms. The van der Waals surface area contributed by atoms with Gasteiger partial charge in [-0.1, -0.05) is 0 Å². The molecular weight excluding hydrogens is 334 g/mol. The molecule has 0 radical (unpaired) electrons. The number of benzene rings is 1. The Morgan fingerprint density at radius 2 is 1.83 bits per heavy atom. The first-order valence-corrected chi connectivity index (χ1v) is 9.31. The van der Waals surface area contributed by atoms with Crippen LogP contribution >= 0.6 is 0 Å². The third-order valence-corrected chi connectivity index (χ3v) is 5.44. The van der Waals surface area contributed by atoms with Crippen molar-refractivity contribution in [3.05, 3.63) is 34.4 Å². The summed E-state index contributed by atoms with van der Waals surface area (Å²) in [7, 11) is -3.69. The Bertz CT molecular complexity index is 667. The van der Waals surface area contributed by atoms with Crippen LogP contribution in [-0.2, 0) is 14.8 Å². The number of nitro groups is 1. The second kappa shape index (κ2) is 7.56. The lowest BCUT2D eigenvalue weighted by Gasteiger charge is -2.38. The van der Waals surface area contributed by atoms with Crippen molar-refractivity contribution in [2.45, 2.75) is 43.9 Å². The molecule has 2 rings (SSSR count). The molecule has 1 fully saturated rings. The van der Waals surface area contributed by atoms with E-state index in [4.69, 9.17) is 4.74 Å². The fourth-order valence-electron chi connectivity index (χ4n) is 2.77. The molecule has 0 aromatic heterocycles. The van der Waals surface area contributed by atoms with E-state index in [1.807, 2.05) is 20.8 Å². The van der Waals surface area contributed by atoms with Gasteiger partial charge >= 0.3 is 0 Å². The SMILES string of the molecule is C[C@@H]1CN([C@H](C)CNS(=O)(=O)c2ccc([N+](=O)[O-])cc2)C[C@H](C)O1. The highest BCUT2D eigenvalue weighted by atomic mass is 32.2. The van der Waals surface area contributed by atoms with Crippen LogP contribution in [0, 0.1) is 10.1 Å². The van der Waals surface area contributed by atoms with Gasteiger partial charge in [0.1, 0.15) is 0 Å². The number of rotatable bonds is 6. The molecule has 0 amide bonds. The third-order valence-electron chi connectivity index (χ3n) is 4.00. The highest BCUT2D eigenvalue weighted by Gasteiger charge is 2.26. The Morgan fingerprint density at radius 3 is 2.33 bits per heavy atom. The predicted octanol–water partition coefficient (Wildman–Crippen LogP) is 1.37. The second-order valence-corrected chi connectivity index (χ2v) is 7.93. The van der Waals surface area contributed by atoms with Crippen LogP contribution in [0.2, 0.25) is 0 Å². The van der Waals surface area contributed by atoms with Gasteiger partial charge in [-0.2, -0.15) is 0 Å². The van der Waals surface area contributed by atoms with Gasteiger partial charge in [-0.15, -0.1) is 0 Å². The standard InChI is InChI=1S/C15H23N3O5S/c1-11(17-9-12(2)23-13(3)10-17)8-16-24(21,22)15-6-4-14(5-7-15)18(19)20/h4-7,11-13,16H,8-10H2,1-3H3/t11-,12-,13+/m1/s1. The molecular formula is C15H23N3O5S. The summed E-state index contributed by atoms with van der Waals surface area (Å²) < 4.78 is 32.9. The van der Waals surface area contributed by atoms with E-state index in [1.165, 1.54) is 24.3 Å². The summed E-state index contributed by atoms with van der Waals surface area (Å²) in [5.41, 5.74) is -0.140. The van der Waals surface area contributed by atoms with Crippen molar-refractivity contribution in [3.63, 3.8) is 0 Å². The maximum atomic E-state index is 12.3. The van der Waals surface area contributed by atoms with E-state index in [0.717, 1.165) is 13.1 Å². The topological polar surface area (TPSA) is 102 Å². The molecule has 1 heterocycles. The van der Waals surface area contributed by atoms with Gasteiger partial charge in [-0.3, -0.25) is 15.0 Å². The molecule has 1 aromatic carbocycles. The summed E-state index contributed by atoms with van der Waals surface area (Å²) in [4.78, 5) is 12.3. The van der Waals surface area contributed by atoms with Crippen molar-refractivity contribution < 1.29 is 18.1 Å². The van der Waals surface area contributed by atoms with Crippen molar-refractivity contribution in [1.29, 1.82) is 0 Å². The van der Waals surface area contributed by atoms with Crippen molar-refractivity contribution in [3.8, 4) is 0 Å². The highest BCUT2D eigenvalue weighted by molar-refractivity contribution is 7.89. The molecule has 1 N–H and O–H groups in total. The average Bonchev–Trinajstić information content (AvgIpc) is 2.51. The maximum Gasteiger partial charge on any atom is 0.269 e. The van der Waals surface area contributed by atoms with Crippen molar-refractivity contribution in [2.24, 2.45) is 0 Å². The van der Waals surface area contributed by atoms with Gasteiger partial charge in [0.05, 0.1) is 22.0 Å². The number of nitro benzene ring substituents is 1. The molecule has 1 aliphatic rings. The lowest BCUT2D eigenvalue weighted by molar-refractivity contribution is -0.384. The van der Waals surface area contributed by atoms with Crippen LogP contribution in [0.25, 0.3) is 0 Å². The zero-order chi connectivity index (χ0) is 17.9. The predicted molar refractivity (Wildman–Crippen MR) is 89.3 cm³/mol. The van der Waals surface area contributed by atoms with Gasteiger partial charge in [-0.25, -0.2) is 13.1 Å². The molecule has 0 saturated carbocycles. The van der Waals surface area contributed by atoms with Gasteiger partial charge in [0, 0.05) is 37.8 Å². The molecule has 3 atom stereocenters. The Kier molecular flexibility index (Phi) is 5.92. The fraction of sp³-hybridized carbons (Fsp3) is 0.600. The Balaban J connectivity index is 1.97. The monoisotopic (exact) mass is 357 g/mol. The summed E-state index contributed by atoms with van der Waals surface area (Å²) >= 11 is 0. The van der Waals surface area contributed by atoms with E-state index in [2.05, 4.69) is 9.62 Å². The van der Waals surface area contributed by atoms with E-state index in [9.17, 15) is 18.5 Å². The minimum absolute atomic E-state index is 0.0176. The first-order valence-electron chi connectivity index (χ1n) is 7.82. The molecule has 1 saturated heterocycles. The smallest absolute Gasteiger partial charge is 0.269 e. The number of hydrogen-bond donors (Lipinski definition) is 1. The number of nitrogens with zero attached hydrogens (tertiary/aromatic N) is 2. The van der Waals surface area contributed by atoms with E-state index in [1.54, 1.807) is 0 Å². The molecule has 0 unspecified atom stereocenters. The van der Waals surface area contributed by atoms with Crippen LogP contribution in [0.15, 0.2) is 29.2 Å². The normalized spacial score (nSPS) is 23.8. The maximum absolute atomic E-state index is 12.3. The largest absolute Gasteiger partial charge is 0.373 e. The average molecular weight is 357 g/mol. The molecule has 8 nitrogen and oxygen atoms in total. The first-order chi connectivity index (χ1) is 11.2. The van der Waals surface area contributed by atoms with Crippen molar-refractivity contribution >= 4 is 15.7 Å². The van der Waals surface area contributed by atoms with Crippen LogP contribution in [-0.4, -0.2) is 56.1 Å². The van der Waals surface area contributed by atoms with Crippen LogP contribution in [0.3, 0.4) is 0 Å². The van der Waals surface area contributed by atoms with E-state index in [0.29, 0.717) is 0 Å². The second-order valence-electron chi connectivity index (χ2n) is 6.16. The molecule has 24 heavy (non-hydrogen) atoms. The van der Waals surface area contributed by atoms with Gasteiger partial charge < -0.3 is 4.74 Å². The van der Waals surface area contributed by atoms with E-state index < -0.39 is 14.9 Å². The summed E-state index contributed by atoms with van der Waals surface area (Å²) in [5, 5.41) is 10.6. The molecule has 0 aliphatic carbocycles. The summed E-state index contributed by atoms with van der Waals surface area (Å²) in [6, 6.07) is 4.87. The third kappa shape index (κ3) is 4.73. The Morgan fingerprint density at radius 1 is 1.29 bits per heavy atom. The Labute approximate surface area is 142 Å². The number of morpholine rings is 1. The summed E-state index contributed by atoms with van der Waals surface area (Å²) in [6.07, 6.45) is 0.227. The first kappa shape index (κ1) is 18.8. The highest BCUT2D eigenvalue weighted by Crippen LogP contribution is 2.17. The zero-order valence-electron chi connectivity index (χ0n) is 14.0. The summed E-state index contributed by atoms with van der Waals surface area (Å²) in [6.45, 7) is 7.73. The lowest BCUT2D eigenvalue weighted by atomic mass is 10.2. The van der Waals surface area contributed by atoms with Gasteiger partial charge in [0.15, 0.2) is 0 Å². The van der Waals surface area contributed by atoms with Gasteiger partial charge in [0.2, 0.25) is 10.0 Å². The van der Waals surface area contributed by atoms with Crippen molar-refractivity contribution in [2.75, 3.05) is 19.6 Å². The number of non-ortho nitro benzene ring substituents is 1. The lowest BCUT2D eigenvalue weighted by Crippen LogP contribution is -2.52. The molecule has 1 aromatic rings. The molecule has 1 aliphatic heterocycles. The van der Waals surface area contributed by atoms with Crippen LogP contribution < -0.4 is 4.72 Å². The van der Waals surface area contributed by atoms with Crippen LogP contribution in [0.4, 0.5) is 5.69 Å². The number of nitrogens with one attached hydrogen (secondary N) is 1. The number of hydrogen-bond acceptors (Lipinski definition) is 6. The zero-order valence-corrected chi connectivity index (χ0v) is 14.8. The number of ether oxygens (including phenoxy) is 1. The van der Waals surface area contributed by atoms with Crippen molar-refractivity contribution in [1.82, 2.24) is 9.62 Å². The summed E-state index contributed by atoms with van der Waals surface area (Å²) in [5.74, 6) is 0.